The van der Waals surface area contributed by atoms with Crippen molar-refractivity contribution in [3.8, 4) is 0 Å². The van der Waals surface area contributed by atoms with E-state index in [4.69, 9.17) is 0 Å². The van der Waals surface area contributed by atoms with Crippen LogP contribution in [0.15, 0.2) is 30.3 Å². The Labute approximate surface area is 119 Å². The molecule has 0 aliphatic carbocycles. The van der Waals surface area contributed by atoms with Crippen molar-refractivity contribution in [3.63, 3.8) is 0 Å². The van der Waals surface area contributed by atoms with Crippen molar-refractivity contribution in [3.05, 3.63) is 35.9 Å². The Morgan fingerprint density at radius 2 is 1.50 bits per heavy atom. The van der Waals surface area contributed by atoms with Crippen LogP contribution in [0.5, 0.6) is 0 Å². The summed E-state index contributed by atoms with van der Waals surface area (Å²) < 4.78 is 76.7. The lowest BCUT2D eigenvalue weighted by Gasteiger charge is -2.37. The van der Waals surface area contributed by atoms with Crippen molar-refractivity contribution >= 4 is 11.9 Å². The number of halogens is 6. The molecule has 4 nitrogen and oxygen atoms in total. The summed E-state index contributed by atoms with van der Waals surface area (Å²) in [5, 5.41) is 11.4. The number of rotatable bonds is 4. The summed E-state index contributed by atoms with van der Waals surface area (Å²) in [6, 6.07) is 4.91. The van der Waals surface area contributed by atoms with E-state index in [0.29, 0.717) is 0 Å². The zero-order valence-corrected chi connectivity index (χ0v) is 10.6. The molecule has 0 aliphatic rings. The van der Waals surface area contributed by atoms with Gasteiger partial charge in [-0.15, -0.1) is 0 Å². The van der Waals surface area contributed by atoms with Gasteiger partial charge in [0, 0.05) is 12.4 Å². The molecule has 22 heavy (non-hydrogen) atoms. The van der Waals surface area contributed by atoms with E-state index >= 15 is 0 Å². The average molecular weight is 328 g/mol. The summed E-state index contributed by atoms with van der Waals surface area (Å²) in [7, 11) is 0. The minimum atomic E-state index is -5.61. The van der Waals surface area contributed by atoms with Crippen LogP contribution in [0.4, 0.5) is 26.3 Å². The summed E-state index contributed by atoms with van der Waals surface area (Å²) >= 11 is 0. The third kappa shape index (κ3) is 3.68. The van der Waals surface area contributed by atoms with Gasteiger partial charge in [-0.3, -0.25) is 4.79 Å². The molecule has 1 aromatic carbocycles. The first-order valence-corrected chi connectivity index (χ1v) is 5.61. The van der Waals surface area contributed by atoms with E-state index < -0.39 is 41.8 Å². The minimum absolute atomic E-state index is 0.748. The summed E-state index contributed by atoms with van der Waals surface area (Å²) in [6.07, 6.45) is -13.0. The number of nitrogens with one attached hydrogen (secondary N) is 1. The minimum Gasteiger partial charge on any atom is -0.550 e. The topological polar surface area (TPSA) is 69.2 Å². The van der Waals surface area contributed by atoms with Crippen LogP contribution in [0.1, 0.15) is 12.0 Å². The van der Waals surface area contributed by atoms with Gasteiger partial charge in [0.05, 0.1) is 0 Å². The average Bonchev–Trinajstić information content (AvgIpc) is 2.35. The van der Waals surface area contributed by atoms with E-state index in [2.05, 4.69) is 0 Å². The fraction of sp³-hybridized carbons (Fsp3) is 0.333. The molecule has 1 atom stereocenters. The molecule has 0 fully saturated rings. The second-order valence-corrected chi connectivity index (χ2v) is 4.27. The predicted octanol–water partition coefficient (Wildman–Crippen LogP) is 1.26. The highest BCUT2D eigenvalue weighted by Crippen LogP contribution is 2.42. The lowest BCUT2D eigenvalue weighted by molar-refractivity contribution is -0.313. The van der Waals surface area contributed by atoms with Crippen LogP contribution in [-0.2, 0) is 15.1 Å². The number of amides is 1. The number of hydrogen-bond acceptors (Lipinski definition) is 3. The van der Waals surface area contributed by atoms with Crippen LogP contribution in [0, 0.1) is 0 Å². The molecule has 1 aromatic rings. The molecule has 0 heterocycles. The Balaban J connectivity index is 3.47. The maximum Gasteiger partial charge on any atom is 0.471 e. The molecule has 0 saturated carbocycles. The highest BCUT2D eigenvalue weighted by atomic mass is 19.4. The van der Waals surface area contributed by atoms with Crippen LogP contribution in [-0.4, -0.2) is 24.2 Å². The zero-order chi connectivity index (χ0) is 17.2. The first kappa shape index (κ1) is 17.8. The van der Waals surface area contributed by atoms with E-state index in [9.17, 15) is 41.0 Å². The fourth-order valence-corrected chi connectivity index (χ4v) is 1.76. The Hall–Kier alpha value is -2.26. The van der Waals surface area contributed by atoms with Gasteiger partial charge in [-0.25, -0.2) is 0 Å². The number of carbonyl (C=O) groups excluding carboxylic acids is 2. The molecule has 0 aromatic heterocycles. The number of carboxylic acid groups (broad SMARTS) is 1. The summed E-state index contributed by atoms with van der Waals surface area (Å²) in [5.41, 5.74) is -4.61. The highest BCUT2D eigenvalue weighted by molar-refractivity contribution is 5.83. The molecule has 1 rings (SSSR count). The lowest BCUT2D eigenvalue weighted by Crippen LogP contribution is -2.60. The molecular weight excluding hydrogens is 320 g/mol. The van der Waals surface area contributed by atoms with Gasteiger partial charge in [-0.1, -0.05) is 30.3 Å². The van der Waals surface area contributed by atoms with Crippen molar-refractivity contribution in [2.24, 2.45) is 0 Å². The van der Waals surface area contributed by atoms with Crippen LogP contribution in [0.3, 0.4) is 0 Å². The van der Waals surface area contributed by atoms with Gasteiger partial charge in [-0.05, 0) is 5.56 Å². The van der Waals surface area contributed by atoms with E-state index in [1.165, 1.54) is 6.07 Å². The fourth-order valence-electron chi connectivity index (χ4n) is 1.76. The monoisotopic (exact) mass is 328 g/mol. The first-order chi connectivity index (χ1) is 9.90. The third-order valence-corrected chi connectivity index (χ3v) is 2.74. The number of aliphatic carboxylic acids is 1. The standard InChI is InChI=1S/C12H9F6NO3/c13-11(14,15)9(22)19-10(6-8(20)21,12(16,17)18)7-4-2-1-3-5-7/h1-5H,6H2,(H,19,22)(H,20,21)/p-1/t10-/m0/s1. The maximum absolute atomic E-state index is 13.3. The zero-order valence-electron chi connectivity index (χ0n) is 10.6. The number of benzene rings is 1. The van der Waals surface area contributed by atoms with Crippen LogP contribution in [0.25, 0.3) is 0 Å². The molecule has 0 saturated heterocycles. The van der Waals surface area contributed by atoms with Gasteiger partial charge in [0.15, 0.2) is 5.54 Å². The summed E-state index contributed by atoms with van der Waals surface area (Å²) in [4.78, 5) is 21.6. The van der Waals surface area contributed by atoms with Crippen LogP contribution in [0.2, 0.25) is 0 Å². The highest BCUT2D eigenvalue weighted by Gasteiger charge is 2.59. The molecular formula is C12H8F6NO3-. The molecule has 1 N–H and O–H groups in total. The maximum atomic E-state index is 13.3. The van der Waals surface area contributed by atoms with Crippen molar-refractivity contribution < 1.29 is 41.0 Å². The largest absolute Gasteiger partial charge is 0.550 e. The van der Waals surface area contributed by atoms with Crippen molar-refractivity contribution in [1.29, 1.82) is 0 Å². The quantitative estimate of drug-likeness (QED) is 0.846. The first-order valence-electron chi connectivity index (χ1n) is 5.61. The second-order valence-electron chi connectivity index (χ2n) is 4.27. The van der Waals surface area contributed by atoms with E-state index in [0.717, 1.165) is 29.6 Å². The molecule has 0 aliphatic heterocycles. The van der Waals surface area contributed by atoms with E-state index in [1.54, 1.807) is 0 Å². The Morgan fingerprint density at radius 3 is 1.86 bits per heavy atom. The smallest absolute Gasteiger partial charge is 0.471 e. The van der Waals surface area contributed by atoms with Crippen molar-refractivity contribution in [2.75, 3.05) is 0 Å². The molecule has 122 valence electrons. The van der Waals surface area contributed by atoms with Gasteiger partial charge in [0.2, 0.25) is 0 Å². The Morgan fingerprint density at radius 1 is 1.00 bits per heavy atom. The number of alkyl halides is 6. The van der Waals surface area contributed by atoms with Gasteiger partial charge in [0.1, 0.15) is 0 Å². The van der Waals surface area contributed by atoms with E-state index in [1.807, 2.05) is 0 Å². The summed E-state index contributed by atoms with van der Waals surface area (Å²) in [5.74, 6) is -5.18. The van der Waals surface area contributed by atoms with Gasteiger partial charge in [-0.2, -0.15) is 26.3 Å². The number of hydrogen-bond donors (Lipinski definition) is 1. The van der Waals surface area contributed by atoms with E-state index in [-0.39, 0.29) is 0 Å². The third-order valence-electron chi connectivity index (χ3n) is 2.74. The second kappa shape index (κ2) is 5.85. The predicted molar refractivity (Wildman–Crippen MR) is 58.0 cm³/mol. The lowest BCUT2D eigenvalue weighted by atomic mass is 9.85. The van der Waals surface area contributed by atoms with Crippen LogP contribution < -0.4 is 10.4 Å². The SMILES string of the molecule is O=C([O-])C[C@](NC(=O)C(F)(F)F)(c1ccccc1)C(F)(F)F. The van der Waals surface area contributed by atoms with Crippen molar-refractivity contribution in [2.45, 2.75) is 24.3 Å². The molecule has 0 radical (unpaired) electrons. The normalized spacial score (nSPS) is 15.0. The molecule has 0 unspecified atom stereocenters. The molecule has 1 amide bonds. The number of carboxylic acids is 1. The van der Waals surface area contributed by atoms with Crippen LogP contribution >= 0.6 is 0 Å². The van der Waals surface area contributed by atoms with Crippen molar-refractivity contribution in [1.82, 2.24) is 5.32 Å². The number of carbonyl (C=O) groups is 2. The van der Waals surface area contributed by atoms with Gasteiger partial charge in [0.25, 0.3) is 0 Å². The summed E-state index contributed by atoms with van der Waals surface area (Å²) in [6.45, 7) is 0. The van der Waals surface area contributed by atoms with Gasteiger partial charge >= 0.3 is 18.3 Å². The Kier molecular flexibility index (Phi) is 4.73. The van der Waals surface area contributed by atoms with Gasteiger partial charge < -0.3 is 15.2 Å². The molecule has 0 spiro atoms. The molecule has 0 bridgehead atoms. The molecule has 10 heteroatoms. The Bertz CT molecular complexity index is 554.